The van der Waals surface area contributed by atoms with E-state index >= 15 is 4.39 Å². The first kappa shape index (κ1) is 20.1. The lowest BCUT2D eigenvalue weighted by Gasteiger charge is -2.36. The maximum absolute atomic E-state index is 15.1. The molecule has 1 aliphatic heterocycles. The van der Waals surface area contributed by atoms with E-state index in [0.717, 1.165) is 37.1 Å². The van der Waals surface area contributed by atoms with E-state index in [9.17, 15) is 4.79 Å². The van der Waals surface area contributed by atoms with Gasteiger partial charge in [0.1, 0.15) is 5.82 Å². The molecule has 1 aromatic carbocycles. The van der Waals surface area contributed by atoms with Crippen molar-refractivity contribution in [2.45, 2.75) is 85.1 Å². The average molecular weight is 348 g/mol. The first-order valence-electron chi connectivity index (χ1n) is 9.97. The van der Waals surface area contributed by atoms with Crippen molar-refractivity contribution in [1.29, 1.82) is 0 Å². The number of hydrogen-bond acceptors (Lipinski definition) is 2. The van der Waals surface area contributed by atoms with Crippen LogP contribution in [-0.2, 0) is 6.42 Å². The largest absolute Gasteiger partial charge is 0.301 e. The van der Waals surface area contributed by atoms with Crippen molar-refractivity contribution in [3.8, 4) is 0 Å². The predicted octanol–water partition coefficient (Wildman–Crippen LogP) is 5.66. The van der Waals surface area contributed by atoms with Gasteiger partial charge in [-0.05, 0) is 82.2 Å². The summed E-state index contributed by atoms with van der Waals surface area (Å²) >= 11 is 0. The Bertz CT molecular complexity index is 603. The van der Waals surface area contributed by atoms with Crippen LogP contribution in [0.4, 0.5) is 4.39 Å². The van der Waals surface area contributed by atoms with Gasteiger partial charge in [0.05, 0.1) is 0 Å². The fourth-order valence-corrected chi connectivity index (χ4v) is 4.34. The van der Waals surface area contributed by atoms with Crippen molar-refractivity contribution < 1.29 is 9.18 Å². The van der Waals surface area contributed by atoms with E-state index in [0.29, 0.717) is 23.6 Å². The smallest absolute Gasteiger partial charge is 0.160 e. The quantitative estimate of drug-likeness (QED) is 0.593. The lowest BCUT2D eigenvalue weighted by atomic mass is 9.84. The van der Waals surface area contributed by atoms with E-state index in [-0.39, 0.29) is 17.5 Å². The molecule has 1 heterocycles. The molecule has 140 valence electrons. The molecule has 0 saturated carbocycles. The van der Waals surface area contributed by atoms with Crippen LogP contribution >= 0.6 is 0 Å². The summed E-state index contributed by atoms with van der Waals surface area (Å²) in [4.78, 5) is 14.5. The van der Waals surface area contributed by atoms with Gasteiger partial charge in [-0.3, -0.25) is 4.79 Å². The molecule has 0 radical (unpaired) electrons. The predicted molar refractivity (Wildman–Crippen MR) is 103 cm³/mol. The molecule has 0 unspecified atom stereocenters. The summed E-state index contributed by atoms with van der Waals surface area (Å²) < 4.78 is 15.1. The summed E-state index contributed by atoms with van der Waals surface area (Å²) in [5, 5.41) is 0. The first-order valence-corrected chi connectivity index (χ1v) is 9.97. The number of halogens is 1. The minimum absolute atomic E-state index is 0.0284. The number of unbranched alkanes of at least 4 members (excludes halogenated alkanes) is 1. The van der Waals surface area contributed by atoms with Gasteiger partial charge in [-0.15, -0.1) is 0 Å². The number of rotatable bonds is 7. The van der Waals surface area contributed by atoms with Crippen LogP contribution in [0.2, 0.25) is 0 Å². The molecule has 3 heteroatoms. The zero-order valence-electron chi connectivity index (χ0n) is 16.6. The number of benzene rings is 1. The Morgan fingerprint density at radius 2 is 1.96 bits per heavy atom. The number of likely N-dealkylation sites (tertiary alicyclic amines) is 1. The van der Waals surface area contributed by atoms with Crippen molar-refractivity contribution in [3.63, 3.8) is 0 Å². The van der Waals surface area contributed by atoms with Crippen LogP contribution in [0.15, 0.2) is 6.07 Å². The van der Waals surface area contributed by atoms with Crippen LogP contribution in [-0.4, -0.2) is 29.8 Å². The second kappa shape index (κ2) is 8.93. The van der Waals surface area contributed by atoms with Crippen molar-refractivity contribution in [2.24, 2.45) is 0 Å². The number of aryl methyl sites for hydroxylation is 1. The molecular weight excluding hydrogens is 313 g/mol. The van der Waals surface area contributed by atoms with Gasteiger partial charge in [-0.1, -0.05) is 32.8 Å². The Labute approximate surface area is 152 Å². The standard InChI is InChI=1S/C22H34FNO/c1-6-8-9-16(4)24-12-10-18(11-13-24)20-14-15(3)21(17(5)25)19(7-2)22(20)23/h14,16,18H,6-13H2,1-5H3/t16-/m0/s1. The maximum Gasteiger partial charge on any atom is 0.160 e. The third-order valence-corrected chi connectivity index (χ3v) is 5.86. The fraction of sp³-hybridized carbons (Fsp3) is 0.682. The summed E-state index contributed by atoms with van der Waals surface area (Å²) in [7, 11) is 0. The minimum Gasteiger partial charge on any atom is -0.301 e. The number of Topliss-reactive ketones (excluding diaryl/α,β-unsaturated/α-hetero) is 1. The Morgan fingerprint density at radius 1 is 1.32 bits per heavy atom. The molecule has 1 saturated heterocycles. The van der Waals surface area contributed by atoms with E-state index < -0.39 is 0 Å². The fourth-order valence-electron chi connectivity index (χ4n) is 4.34. The van der Waals surface area contributed by atoms with E-state index in [1.54, 1.807) is 0 Å². The highest BCUT2D eigenvalue weighted by atomic mass is 19.1. The SMILES string of the molecule is CCCC[C@H](C)N1CCC(c2cc(C)c(C(C)=O)c(CC)c2F)CC1. The number of hydrogen-bond donors (Lipinski definition) is 0. The van der Waals surface area contributed by atoms with Gasteiger partial charge in [-0.25, -0.2) is 4.39 Å². The summed E-state index contributed by atoms with van der Waals surface area (Å²) in [6.45, 7) is 12.1. The number of ketones is 1. The zero-order chi connectivity index (χ0) is 18.6. The van der Waals surface area contributed by atoms with Gasteiger partial charge < -0.3 is 4.90 Å². The van der Waals surface area contributed by atoms with Gasteiger partial charge in [0.15, 0.2) is 5.78 Å². The van der Waals surface area contributed by atoms with Gasteiger partial charge in [0.2, 0.25) is 0 Å². The second-order valence-electron chi connectivity index (χ2n) is 7.66. The zero-order valence-corrected chi connectivity index (χ0v) is 16.6. The average Bonchev–Trinajstić information content (AvgIpc) is 2.60. The Morgan fingerprint density at radius 3 is 2.48 bits per heavy atom. The Balaban J connectivity index is 2.16. The maximum atomic E-state index is 15.1. The molecule has 2 nitrogen and oxygen atoms in total. The topological polar surface area (TPSA) is 20.3 Å². The molecule has 1 atom stereocenters. The molecule has 1 aliphatic rings. The van der Waals surface area contributed by atoms with E-state index in [1.807, 2.05) is 19.9 Å². The monoisotopic (exact) mass is 347 g/mol. The molecule has 0 aromatic heterocycles. The molecular formula is C22H34FNO. The lowest BCUT2D eigenvalue weighted by Crippen LogP contribution is -2.39. The van der Waals surface area contributed by atoms with Crippen molar-refractivity contribution in [1.82, 2.24) is 4.90 Å². The Kier molecular flexibility index (Phi) is 7.18. The number of carbonyl (C=O) groups is 1. The molecule has 0 spiro atoms. The van der Waals surface area contributed by atoms with Crippen LogP contribution in [0.1, 0.15) is 92.8 Å². The minimum atomic E-state index is -0.129. The van der Waals surface area contributed by atoms with Gasteiger partial charge in [-0.2, -0.15) is 0 Å². The summed E-state index contributed by atoms with van der Waals surface area (Å²) in [5.74, 6) is 0.120. The number of nitrogens with zero attached hydrogens (tertiary/aromatic N) is 1. The van der Waals surface area contributed by atoms with Crippen LogP contribution < -0.4 is 0 Å². The number of carbonyl (C=O) groups excluding carboxylic acids is 1. The summed E-state index contributed by atoms with van der Waals surface area (Å²) in [5.41, 5.74) is 2.97. The van der Waals surface area contributed by atoms with E-state index in [2.05, 4.69) is 18.7 Å². The molecule has 1 fully saturated rings. The van der Waals surface area contributed by atoms with E-state index in [4.69, 9.17) is 0 Å². The summed E-state index contributed by atoms with van der Waals surface area (Å²) in [6.07, 6.45) is 6.36. The molecule has 0 bridgehead atoms. The Hall–Kier alpha value is -1.22. The van der Waals surface area contributed by atoms with Crippen molar-refractivity contribution in [3.05, 3.63) is 34.1 Å². The van der Waals surface area contributed by atoms with E-state index in [1.165, 1.54) is 26.2 Å². The normalized spacial score (nSPS) is 17.7. The van der Waals surface area contributed by atoms with Crippen LogP contribution in [0.5, 0.6) is 0 Å². The van der Waals surface area contributed by atoms with Crippen LogP contribution in [0.3, 0.4) is 0 Å². The molecule has 0 aliphatic carbocycles. The van der Waals surface area contributed by atoms with Gasteiger partial charge in [0, 0.05) is 11.6 Å². The molecule has 0 N–H and O–H groups in total. The molecule has 1 aromatic rings. The first-order chi connectivity index (χ1) is 11.9. The highest BCUT2D eigenvalue weighted by Crippen LogP contribution is 2.34. The highest BCUT2D eigenvalue weighted by Gasteiger charge is 2.27. The second-order valence-corrected chi connectivity index (χ2v) is 7.66. The van der Waals surface area contributed by atoms with Crippen molar-refractivity contribution >= 4 is 5.78 Å². The van der Waals surface area contributed by atoms with Gasteiger partial charge >= 0.3 is 0 Å². The summed E-state index contributed by atoms with van der Waals surface area (Å²) in [6, 6.07) is 2.56. The van der Waals surface area contributed by atoms with Crippen molar-refractivity contribution in [2.75, 3.05) is 13.1 Å². The van der Waals surface area contributed by atoms with Crippen LogP contribution in [0, 0.1) is 12.7 Å². The number of piperidine rings is 1. The third kappa shape index (κ3) is 4.49. The van der Waals surface area contributed by atoms with Gasteiger partial charge in [0.25, 0.3) is 0 Å². The molecule has 2 rings (SSSR count). The molecule has 25 heavy (non-hydrogen) atoms. The third-order valence-electron chi connectivity index (χ3n) is 5.86. The van der Waals surface area contributed by atoms with Crippen LogP contribution in [0.25, 0.3) is 0 Å². The highest BCUT2D eigenvalue weighted by molar-refractivity contribution is 5.97. The molecule has 0 amide bonds. The lowest BCUT2D eigenvalue weighted by molar-refractivity contribution is 0.101.